The van der Waals surface area contributed by atoms with Crippen molar-refractivity contribution in [3.8, 4) is 5.75 Å². The van der Waals surface area contributed by atoms with Crippen molar-refractivity contribution in [2.24, 2.45) is 5.41 Å². The van der Waals surface area contributed by atoms with Gasteiger partial charge < -0.3 is 14.5 Å². The normalized spacial score (nSPS) is 18.1. The highest BCUT2D eigenvalue weighted by molar-refractivity contribution is 6.42. The van der Waals surface area contributed by atoms with Crippen LogP contribution < -0.4 is 4.74 Å². The minimum absolute atomic E-state index is 0.0616. The van der Waals surface area contributed by atoms with Crippen LogP contribution in [-0.2, 0) is 4.79 Å². The molecule has 0 N–H and O–H groups in total. The maximum Gasteiger partial charge on any atom is 0.253 e. The molecule has 2 amide bonds. The van der Waals surface area contributed by atoms with Crippen LogP contribution in [0.25, 0.3) is 0 Å². The summed E-state index contributed by atoms with van der Waals surface area (Å²) in [5, 5.41) is 0.803. The minimum Gasteiger partial charge on any atom is -0.493 e. The Bertz CT molecular complexity index is 969. The number of carbonyl (C=O) groups is 2. The second-order valence-corrected chi connectivity index (χ2v) is 9.96. The molecule has 0 spiro atoms. The van der Waals surface area contributed by atoms with E-state index in [-0.39, 0.29) is 17.2 Å². The highest BCUT2D eigenvalue weighted by atomic mass is 35.5. The molecule has 4 rings (SSSR count). The number of rotatable bonds is 6. The van der Waals surface area contributed by atoms with Crippen LogP contribution in [0, 0.1) is 5.41 Å². The van der Waals surface area contributed by atoms with Gasteiger partial charge >= 0.3 is 0 Å². The van der Waals surface area contributed by atoms with Crippen molar-refractivity contribution in [2.75, 3.05) is 32.8 Å². The predicted molar refractivity (Wildman–Crippen MR) is 131 cm³/mol. The van der Waals surface area contributed by atoms with Gasteiger partial charge in [0.15, 0.2) is 0 Å². The number of ether oxygens (including phenoxy) is 1. The Hall–Kier alpha value is -2.24. The SMILES string of the molecule is O=C(CC1(COc2ccccc2)CCN(C(=O)c2ccc(Cl)c(Cl)c2)CC1)N1CCCCC1. The predicted octanol–water partition coefficient (Wildman–Crippen LogP) is 5.70. The molecule has 2 aliphatic rings. The molecule has 0 saturated carbocycles. The molecule has 5 nitrogen and oxygen atoms in total. The zero-order valence-corrected chi connectivity index (χ0v) is 20.3. The zero-order chi connectivity index (χ0) is 23.3. The molecule has 0 unspecified atom stereocenters. The molecule has 7 heteroatoms. The van der Waals surface area contributed by atoms with Gasteiger partial charge in [-0.25, -0.2) is 0 Å². The van der Waals surface area contributed by atoms with Crippen LogP contribution in [-0.4, -0.2) is 54.4 Å². The number of benzene rings is 2. The average molecular weight is 489 g/mol. The third-order valence-electron chi connectivity index (χ3n) is 6.80. The van der Waals surface area contributed by atoms with Crippen LogP contribution in [0.5, 0.6) is 5.75 Å². The van der Waals surface area contributed by atoms with E-state index < -0.39 is 0 Å². The van der Waals surface area contributed by atoms with Gasteiger partial charge in [0, 0.05) is 43.6 Å². The molecular weight excluding hydrogens is 459 g/mol. The fourth-order valence-electron chi connectivity index (χ4n) is 4.70. The maximum absolute atomic E-state index is 13.2. The number of likely N-dealkylation sites (tertiary alicyclic amines) is 2. The van der Waals surface area contributed by atoms with Crippen molar-refractivity contribution < 1.29 is 14.3 Å². The van der Waals surface area contributed by atoms with E-state index in [1.54, 1.807) is 18.2 Å². The Kier molecular flexibility index (Phi) is 7.82. The third kappa shape index (κ3) is 6.01. The highest BCUT2D eigenvalue weighted by Crippen LogP contribution is 2.37. The standard InChI is InChI=1S/C26H30Cl2N2O3/c27-22-10-9-20(17-23(22)28)25(32)30-15-11-26(12-16-30,19-33-21-7-3-1-4-8-21)18-24(31)29-13-5-2-6-14-29/h1,3-4,7-10,17H,2,5-6,11-16,18-19H2. The van der Waals surface area contributed by atoms with Crippen molar-refractivity contribution in [1.82, 2.24) is 9.80 Å². The van der Waals surface area contributed by atoms with E-state index in [1.165, 1.54) is 6.42 Å². The van der Waals surface area contributed by atoms with E-state index in [9.17, 15) is 9.59 Å². The lowest BCUT2D eigenvalue weighted by Gasteiger charge is -2.42. The fraction of sp³-hybridized carbons (Fsp3) is 0.462. The fourth-order valence-corrected chi connectivity index (χ4v) is 5.00. The van der Waals surface area contributed by atoms with Crippen LogP contribution in [0.2, 0.25) is 10.0 Å². The molecule has 2 heterocycles. The molecule has 176 valence electrons. The Morgan fingerprint density at radius 3 is 2.21 bits per heavy atom. The lowest BCUT2D eigenvalue weighted by atomic mass is 9.75. The van der Waals surface area contributed by atoms with Gasteiger partial charge in [-0.1, -0.05) is 41.4 Å². The van der Waals surface area contributed by atoms with Crippen molar-refractivity contribution in [3.05, 3.63) is 64.1 Å². The largest absolute Gasteiger partial charge is 0.493 e. The number of piperidine rings is 2. The first-order valence-electron chi connectivity index (χ1n) is 11.7. The molecule has 0 atom stereocenters. The number of amides is 2. The molecular formula is C26H30Cl2N2O3. The number of para-hydroxylation sites is 1. The minimum atomic E-state index is -0.293. The first kappa shape index (κ1) is 23.9. The molecule has 2 aromatic carbocycles. The van der Waals surface area contributed by atoms with Crippen LogP contribution >= 0.6 is 23.2 Å². The lowest BCUT2D eigenvalue weighted by molar-refractivity contribution is -0.136. The van der Waals surface area contributed by atoms with Gasteiger partial charge in [0.2, 0.25) is 5.91 Å². The van der Waals surface area contributed by atoms with Crippen molar-refractivity contribution >= 4 is 35.0 Å². The third-order valence-corrected chi connectivity index (χ3v) is 7.54. The van der Waals surface area contributed by atoms with Gasteiger partial charge in [0.1, 0.15) is 5.75 Å². The lowest BCUT2D eigenvalue weighted by Crippen LogP contribution is -2.48. The first-order valence-corrected chi connectivity index (χ1v) is 12.4. The van der Waals surface area contributed by atoms with E-state index in [0.717, 1.165) is 31.7 Å². The summed E-state index contributed by atoms with van der Waals surface area (Å²) in [6.07, 6.45) is 5.22. The summed E-state index contributed by atoms with van der Waals surface area (Å²) in [5.74, 6) is 0.945. The van der Waals surface area contributed by atoms with Crippen LogP contribution in [0.4, 0.5) is 0 Å². The van der Waals surface area contributed by atoms with Crippen LogP contribution in [0.15, 0.2) is 48.5 Å². The number of hydrogen-bond acceptors (Lipinski definition) is 3. The van der Waals surface area contributed by atoms with Gasteiger partial charge in [-0.3, -0.25) is 9.59 Å². The molecule has 0 radical (unpaired) electrons. The number of halogens is 2. The van der Waals surface area contributed by atoms with E-state index in [0.29, 0.717) is 54.6 Å². The van der Waals surface area contributed by atoms with E-state index >= 15 is 0 Å². The van der Waals surface area contributed by atoms with Gasteiger partial charge in [0.25, 0.3) is 5.91 Å². The topological polar surface area (TPSA) is 49.9 Å². The first-order chi connectivity index (χ1) is 16.0. The average Bonchev–Trinajstić information content (AvgIpc) is 2.86. The smallest absolute Gasteiger partial charge is 0.253 e. The van der Waals surface area contributed by atoms with Crippen molar-refractivity contribution in [1.29, 1.82) is 0 Å². The van der Waals surface area contributed by atoms with Gasteiger partial charge in [0.05, 0.1) is 16.7 Å². The Labute approximate surface area is 205 Å². The summed E-state index contributed by atoms with van der Waals surface area (Å²) in [5.41, 5.74) is 0.237. The second-order valence-electron chi connectivity index (χ2n) is 9.14. The van der Waals surface area contributed by atoms with E-state index in [1.807, 2.05) is 40.1 Å². The molecule has 0 aliphatic carbocycles. The number of carbonyl (C=O) groups excluding carboxylic acids is 2. The Morgan fingerprint density at radius 2 is 1.55 bits per heavy atom. The van der Waals surface area contributed by atoms with Gasteiger partial charge in [-0.15, -0.1) is 0 Å². The summed E-state index contributed by atoms with van der Waals surface area (Å²) in [6.45, 7) is 3.30. The molecule has 2 fully saturated rings. The van der Waals surface area contributed by atoms with Crippen LogP contribution in [0.1, 0.15) is 48.9 Å². The Balaban J connectivity index is 1.45. The number of nitrogens with zero attached hydrogens (tertiary/aromatic N) is 2. The molecule has 2 saturated heterocycles. The summed E-state index contributed by atoms with van der Waals surface area (Å²) >= 11 is 12.1. The molecule has 0 bridgehead atoms. The van der Waals surface area contributed by atoms with Crippen LogP contribution in [0.3, 0.4) is 0 Å². The zero-order valence-electron chi connectivity index (χ0n) is 18.8. The molecule has 2 aliphatic heterocycles. The van der Waals surface area contributed by atoms with E-state index in [2.05, 4.69) is 0 Å². The summed E-state index contributed by atoms with van der Waals surface area (Å²) < 4.78 is 6.14. The Morgan fingerprint density at radius 1 is 0.848 bits per heavy atom. The molecule has 0 aromatic heterocycles. The van der Waals surface area contributed by atoms with Crippen molar-refractivity contribution in [2.45, 2.75) is 38.5 Å². The summed E-state index contributed by atoms with van der Waals surface area (Å²) in [7, 11) is 0. The van der Waals surface area contributed by atoms with Gasteiger partial charge in [-0.2, -0.15) is 0 Å². The molecule has 2 aromatic rings. The number of hydrogen-bond donors (Lipinski definition) is 0. The molecule has 33 heavy (non-hydrogen) atoms. The summed E-state index contributed by atoms with van der Waals surface area (Å²) in [4.78, 5) is 30.0. The summed E-state index contributed by atoms with van der Waals surface area (Å²) in [6, 6.07) is 14.7. The highest BCUT2D eigenvalue weighted by Gasteiger charge is 2.40. The van der Waals surface area contributed by atoms with E-state index in [4.69, 9.17) is 27.9 Å². The monoisotopic (exact) mass is 488 g/mol. The van der Waals surface area contributed by atoms with Gasteiger partial charge in [-0.05, 0) is 62.4 Å². The second kappa shape index (κ2) is 10.8. The van der Waals surface area contributed by atoms with Crippen molar-refractivity contribution in [3.63, 3.8) is 0 Å². The maximum atomic E-state index is 13.2. The quantitative estimate of drug-likeness (QED) is 0.523.